The molecule has 0 radical (unpaired) electrons. The first-order valence-corrected chi connectivity index (χ1v) is 10.9. The summed E-state index contributed by atoms with van der Waals surface area (Å²) >= 11 is 0. The van der Waals surface area contributed by atoms with Gasteiger partial charge in [0.05, 0.1) is 22.7 Å². The molecule has 0 aliphatic heterocycles. The third-order valence-corrected chi connectivity index (χ3v) is 5.95. The highest BCUT2D eigenvalue weighted by molar-refractivity contribution is 6.06. The molecule has 172 valence electrons. The second-order valence-corrected chi connectivity index (χ2v) is 8.32. The van der Waals surface area contributed by atoms with Gasteiger partial charge in [-0.25, -0.2) is 4.79 Å². The van der Waals surface area contributed by atoms with Crippen LogP contribution < -0.4 is 11.1 Å². The van der Waals surface area contributed by atoms with Gasteiger partial charge in [-0.15, -0.1) is 0 Å². The molecule has 0 bridgehead atoms. The first kappa shape index (κ1) is 22.8. The lowest BCUT2D eigenvalue weighted by molar-refractivity contribution is 0.0695. The van der Waals surface area contributed by atoms with Gasteiger partial charge in [-0.05, 0) is 60.9 Å². The number of nitrogens with two attached hydrogens (primary N) is 1. The van der Waals surface area contributed by atoms with Gasteiger partial charge in [0.25, 0.3) is 5.91 Å². The summed E-state index contributed by atoms with van der Waals surface area (Å²) in [5.74, 6) is -1.67. The normalized spacial score (nSPS) is 11.8. The minimum Gasteiger partial charge on any atom is -0.478 e. The molecule has 4 rings (SSSR count). The van der Waals surface area contributed by atoms with Crippen molar-refractivity contribution in [1.29, 1.82) is 0 Å². The summed E-state index contributed by atoms with van der Waals surface area (Å²) in [5.41, 5.74) is 9.81. The van der Waals surface area contributed by atoms with E-state index in [9.17, 15) is 19.5 Å². The number of carboxylic acid groups (broad SMARTS) is 1. The number of rotatable bonds is 7. The lowest BCUT2D eigenvalue weighted by Crippen LogP contribution is -2.27. The summed E-state index contributed by atoms with van der Waals surface area (Å²) < 4.78 is 2.00. The highest BCUT2D eigenvalue weighted by Crippen LogP contribution is 2.24. The van der Waals surface area contributed by atoms with Crippen LogP contribution in [0.1, 0.15) is 60.7 Å². The van der Waals surface area contributed by atoms with Crippen LogP contribution in [0, 0.1) is 6.92 Å². The summed E-state index contributed by atoms with van der Waals surface area (Å²) in [7, 11) is 0. The highest BCUT2D eigenvalue weighted by atomic mass is 16.4. The van der Waals surface area contributed by atoms with Crippen molar-refractivity contribution in [3.05, 3.63) is 106 Å². The Hall–Kier alpha value is -4.39. The summed E-state index contributed by atoms with van der Waals surface area (Å²) in [5, 5.41) is 13.2. The summed E-state index contributed by atoms with van der Waals surface area (Å²) in [6.07, 6.45) is 1.93. The maximum absolute atomic E-state index is 13.3. The number of aryl methyl sites for hydroxylation is 1. The van der Waals surface area contributed by atoms with Crippen LogP contribution in [0.5, 0.6) is 0 Å². The number of hydrogen-bond donors (Lipinski definition) is 3. The van der Waals surface area contributed by atoms with Crippen LogP contribution in [0.15, 0.2) is 72.9 Å². The van der Waals surface area contributed by atoms with E-state index in [1.54, 1.807) is 43.3 Å². The number of aromatic carboxylic acids is 1. The van der Waals surface area contributed by atoms with Crippen LogP contribution in [-0.4, -0.2) is 27.5 Å². The number of para-hydroxylation sites is 1. The predicted octanol–water partition coefficient (Wildman–Crippen LogP) is 4.29. The zero-order valence-electron chi connectivity index (χ0n) is 18.9. The minimum atomic E-state index is -0.975. The Kier molecular flexibility index (Phi) is 6.19. The summed E-state index contributed by atoms with van der Waals surface area (Å²) in [6, 6.07) is 19.4. The number of nitrogens with one attached hydrogen (secondary N) is 1. The van der Waals surface area contributed by atoms with Gasteiger partial charge in [0.15, 0.2) is 0 Å². The molecule has 1 heterocycles. The van der Waals surface area contributed by atoms with Gasteiger partial charge in [0.2, 0.25) is 5.91 Å². The Morgan fingerprint density at radius 2 is 1.74 bits per heavy atom. The Labute approximate surface area is 196 Å². The topological polar surface area (TPSA) is 114 Å². The Balaban J connectivity index is 1.59. The molecule has 7 nitrogen and oxygen atoms in total. The molecule has 1 unspecified atom stereocenters. The largest absolute Gasteiger partial charge is 0.478 e. The number of aromatic nitrogens is 1. The maximum Gasteiger partial charge on any atom is 0.335 e. The zero-order chi connectivity index (χ0) is 24.4. The van der Waals surface area contributed by atoms with Gasteiger partial charge in [0.1, 0.15) is 0 Å². The third kappa shape index (κ3) is 4.54. The van der Waals surface area contributed by atoms with Gasteiger partial charge in [-0.1, -0.05) is 36.4 Å². The Morgan fingerprint density at radius 1 is 1.00 bits per heavy atom. The monoisotopic (exact) mass is 455 g/mol. The number of amides is 2. The number of carbonyl (C=O) groups excluding carboxylic acids is 2. The average Bonchev–Trinajstić information content (AvgIpc) is 3.22. The maximum atomic E-state index is 13.3. The van der Waals surface area contributed by atoms with Gasteiger partial charge < -0.3 is 20.7 Å². The molecule has 1 aromatic heterocycles. The van der Waals surface area contributed by atoms with Crippen LogP contribution in [0.25, 0.3) is 10.9 Å². The van der Waals surface area contributed by atoms with Crippen LogP contribution in [0.3, 0.4) is 0 Å². The molecule has 0 spiro atoms. The number of carboxylic acids is 1. The Bertz CT molecular complexity index is 1400. The molecular formula is C27H25N3O4. The lowest BCUT2D eigenvalue weighted by atomic mass is 10.0. The molecule has 7 heteroatoms. The smallest absolute Gasteiger partial charge is 0.335 e. The second-order valence-electron chi connectivity index (χ2n) is 8.32. The molecule has 4 N–H and O–H groups in total. The zero-order valence-corrected chi connectivity index (χ0v) is 18.9. The summed E-state index contributed by atoms with van der Waals surface area (Å²) in [6.45, 7) is 4.13. The van der Waals surface area contributed by atoms with Crippen molar-refractivity contribution >= 4 is 28.7 Å². The van der Waals surface area contributed by atoms with E-state index in [1.165, 1.54) is 0 Å². The SMILES string of the molecule is Cc1cc(C(C)NC(=O)c2cccc3ccn(Cc4ccc(C(N)=O)cc4)c23)ccc1C(=O)O. The standard InChI is InChI=1S/C27H25N3O4/c1-16-14-21(10-11-22(16)27(33)34)17(2)29-26(32)23-5-3-4-19-12-13-30(24(19)23)15-18-6-8-20(9-7-18)25(28)31/h3-14,17H,15H2,1-2H3,(H2,28,31)(H,29,32)(H,33,34). The van der Waals surface area contributed by atoms with Crippen molar-refractivity contribution in [2.24, 2.45) is 5.73 Å². The fraction of sp³-hybridized carbons (Fsp3) is 0.148. The molecule has 0 aliphatic rings. The molecule has 0 aliphatic carbocycles. The quantitative estimate of drug-likeness (QED) is 0.386. The van der Waals surface area contributed by atoms with Crippen LogP contribution in [0.2, 0.25) is 0 Å². The number of carbonyl (C=O) groups is 3. The fourth-order valence-corrected chi connectivity index (χ4v) is 4.10. The minimum absolute atomic E-state index is 0.220. The van der Waals surface area contributed by atoms with Crippen molar-refractivity contribution in [3.8, 4) is 0 Å². The summed E-state index contributed by atoms with van der Waals surface area (Å²) in [4.78, 5) is 35.9. The van der Waals surface area contributed by atoms with E-state index >= 15 is 0 Å². The van der Waals surface area contributed by atoms with E-state index in [0.717, 1.165) is 22.0 Å². The molecule has 3 aromatic carbocycles. The van der Waals surface area contributed by atoms with Crippen molar-refractivity contribution in [1.82, 2.24) is 9.88 Å². The average molecular weight is 456 g/mol. The molecule has 0 saturated carbocycles. The van der Waals surface area contributed by atoms with Gasteiger partial charge in [-0.2, -0.15) is 0 Å². The van der Waals surface area contributed by atoms with Crippen molar-refractivity contribution in [3.63, 3.8) is 0 Å². The molecule has 0 saturated heterocycles. The van der Waals surface area contributed by atoms with E-state index in [4.69, 9.17) is 5.73 Å². The second kappa shape index (κ2) is 9.23. The number of hydrogen-bond acceptors (Lipinski definition) is 3. The Morgan fingerprint density at radius 3 is 2.38 bits per heavy atom. The molecule has 34 heavy (non-hydrogen) atoms. The molecule has 1 atom stereocenters. The van der Waals surface area contributed by atoms with Gasteiger partial charge >= 0.3 is 5.97 Å². The predicted molar refractivity (Wildman–Crippen MR) is 130 cm³/mol. The van der Waals surface area contributed by atoms with E-state index < -0.39 is 11.9 Å². The van der Waals surface area contributed by atoms with Crippen LogP contribution in [0.4, 0.5) is 0 Å². The molecule has 4 aromatic rings. The number of benzene rings is 3. The van der Waals surface area contributed by atoms with Crippen LogP contribution in [-0.2, 0) is 6.54 Å². The number of fused-ring (bicyclic) bond motifs is 1. The first-order chi connectivity index (χ1) is 16.2. The van der Waals surface area contributed by atoms with E-state index in [-0.39, 0.29) is 17.5 Å². The van der Waals surface area contributed by atoms with Crippen molar-refractivity contribution in [2.75, 3.05) is 0 Å². The van der Waals surface area contributed by atoms with E-state index in [1.807, 2.05) is 48.0 Å². The van der Waals surface area contributed by atoms with Crippen molar-refractivity contribution in [2.45, 2.75) is 26.4 Å². The number of primary amides is 1. The van der Waals surface area contributed by atoms with E-state index in [0.29, 0.717) is 23.2 Å². The highest BCUT2D eigenvalue weighted by Gasteiger charge is 2.18. The van der Waals surface area contributed by atoms with Crippen LogP contribution >= 0.6 is 0 Å². The first-order valence-electron chi connectivity index (χ1n) is 10.9. The van der Waals surface area contributed by atoms with Gasteiger partial charge in [-0.3, -0.25) is 9.59 Å². The third-order valence-electron chi connectivity index (χ3n) is 5.95. The van der Waals surface area contributed by atoms with Gasteiger partial charge in [0, 0.05) is 23.7 Å². The molecule has 2 amide bonds. The molecular weight excluding hydrogens is 430 g/mol. The number of nitrogens with zero attached hydrogens (tertiary/aromatic N) is 1. The lowest BCUT2D eigenvalue weighted by Gasteiger charge is -2.17. The molecule has 0 fully saturated rings. The van der Waals surface area contributed by atoms with Crippen molar-refractivity contribution < 1.29 is 19.5 Å². The van der Waals surface area contributed by atoms with E-state index in [2.05, 4.69) is 5.32 Å². The fourth-order valence-electron chi connectivity index (χ4n) is 4.10.